The summed E-state index contributed by atoms with van der Waals surface area (Å²) in [4.78, 5) is 10.7. The van der Waals surface area contributed by atoms with Gasteiger partial charge in [-0.3, -0.25) is 4.79 Å². The van der Waals surface area contributed by atoms with Gasteiger partial charge in [0.1, 0.15) is 5.75 Å². The zero-order valence-electron chi connectivity index (χ0n) is 9.43. The molecule has 0 aliphatic heterocycles. The quantitative estimate of drug-likeness (QED) is 0.782. The Hall–Kier alpha value is -2.09. The second-order valence-electron chi connectivity index (χ2n) is 3.68. The van der Waals surface area contributed by atoms with Gasteiger partial charge >= 0.3 is 0 Å². The van der Waals surface area contributed by atoms with Crippen LogP contribution in [0.15, 0.2) is 54.6 Å². The highest BCUT2D eigenvalue weighted by Gasteiger charge is 2.01. The molecule has 0 unspecified atom stereocenters. The Kier molecular flexibility index (Phi) is 3.92. The minimum atomic E-state index is 0.473. The van der Waals surface area contributed by atoms with Crippen molar-refractivity contribution in [2.75, 3.05) is 6.61 Å². The van der Waals surface area contributed by atoms with Gasteiger partial charge in [-0.2, -0.15) is 0 Å². The highest BCUT2D eigenvalue weighted by molar-refractivity contribution is 5.79. The van der Waals surface area contributed by atoms with Crippen molar-refractivity contribution in [1.29, 1.82) is 0 Å². The van der Waals surface area contributed by atoms with Gasteiger partial charge in [-0.05, 0) is 17.7 Å². The predicted molar refractivity (Wildman–Crippen MR) is 66.9 cm³/mol. The van der Waals surface area contributed by atoms with Crippen LogP contribution in [0.2, 0.25) is 0 Å². The van der Waals surface area contributed by atoms with Crippen LogP contribution in [-0.2, 0) is 11.2 Å². The van der Waals surface area contributed by atoms with Crippen LogP contribution in [-0.4, -0.2) is 12.9 Å². The molecule has 0 spiro atoms. The van der Waals surface area contributed by atoms with Crippen LogP contribution in [0.25, 0.3) is 0 Å². The maximum atomic E-state index is 10.7. The standard InChI is InChI=1S/C15H13O2/c16-12-14-8-4-5-9-15(14)17-11-10-13-6-2-1-3-7-13/h1-9H,10-11H2. The zero-order valence-corrected chi connectivity index (χ0v) is 9.43. The average Bonchev–Trinajstić information content (AvgIpc) is 2.40. The van der Waals surface area contributed by atoms with Crippen molar-refractivity contribution in [3.63, 3.8) is 0 Å². The van der Waals surface area contributed by atoms with E-state index in [1.54, 1.807) is 18.2 Å². The van der Waals surface area contributed by atoms with E-state index in [4.69, 9.17) is 4.74 Å². The van der Waals surface area contributed by atoms with Crippen molar-refractivity contribution in [2.24, 2.45) is 0 Å². The fourth-order valence-electron chi connectivity index (χ4n) is 1.60. The molecule has 2 nitrogen and oxygen atoms in total. The molecule has 85 valence electrons. The first-order valence-corrected chi connectivity index (χ1v) is 5.54. The van der Waals surface area contributed by atoms with E-state index in [0.29, 0.717) is 17.9 Å². The molecule has 2 rings (SSSR count). The average molecular weight is 225 g/mol. The zero-order chi connectivity index (χ0) is 11.9. The molecule has 0 bridgehead atoms. The van der Waals surface area contributed by atoms with Gasteiger partial charge in [0.2, 0.25) is 6.29 Å². The third-order valence-corrected chi connectivity index (χ3v) is 2.49. The SMILES string of the molecule is O=[C]c1ccccc1OCCc1ccccc1. The van der Waals surface area contributed by atoms with Gasteiger partial charge in [-0.25, -0.2) is 0 Å². The molecule has 0 saturated carbocycles. The Balaban J connectivity index is 1.92. The summed E-state index contributed by atoms with van der Waals surface area (Å²) in [6.45, 7) is 0.558. The van der Waals surface area contributed by atoms with Crippen LogP contribution >= 0.6 is 0 Å². The molecule has 0 fully saturated rings. The van der Waals surface area contributed by atoms with Crippen LogP contribution in [0.1, 0.15) is 11.1 Å². The van der Waals surface area contributed by atoms with Crippen molar-refractivity contribution in [3.8, 4) is 5.75 Å². The van der Waals surface area contributed by atoms with Gasteiger partial charge < -0.3 is 4.74 Å². The molecule has 0 atom stereocenters. The van der Waals surface area contributed by atoms with Gasteiger partial charge in [0, 0.05) is 6.42 Å². The lowest BCUT2D eigenvalue weighted by atomic mass is 10.2. The van der Waals surface area contributed by atoms with Crippen molar-refractivity contribution in [1.82, 2.24) is 0 Å². The fourth-order valence-corrected chi connectivity index (χ4v) is 1.60. The van der Waals surface area contributed by atoms with Crippen molar-refractivity contribution < 1.29 is 9.53 Å². The van der Waals surface area contributed by atoms with Crippen molar-refractivity contribution >= 4 is 6.29 Å². The molecule has 0 amide bonds. The summed E-state index contributed by atoms with van der Waals surface area (Å²) >= 11 is 0. The highest BCUT2D eigenvalue weighted by atomic mass is 16.5. The molecule has 2 heteroatoms. The number of benzene rings is 2. The Bertz CT molecular complexity index is 477. The largest absolute Gasteiger partial charge is 0.492 e. The normalized spacial score (nSPS) is 9.88. The molecule has 2 aromatic rings. The fraction of sp³-hybridized carbons (Fsp3) is 0.133. The Labute approximate surface area is 101 Å². The minimum Gasteiger partial charge on any atom is -0.492 e. The molecule has 17 heavy (non-hydrogen) atoms. The third kappa shape index (κ3) is 3.18. The van der Waals surface area contributed by atoms with Crippen molar-refractivity contribution in [2.45, 2.75) is 6.42 Å². The van der Waals surface area contributed by atoms with E-state index >= 15 is 0 Å². The molecule has 0 heterocycles. The first-order valence-electron chi connectivity index (χ1n) is 5.54. The summed E-state index contributed by atoms with van der Waals surface area (Å²) in [5.41, 5.74) is 1.70. The molecule has 0 saturated heterocycles. The Morgan fingerprint density at radius 3 is 2.41 bits per heavy atom. The summed E-state index contributed by atoms with van der Waals surface area (Å²) < 4.78 is 5.57. The Morgan fingerprint density at radius 1 is 0.941 bits per heavy atom. The van der Waals surface area contributed by atoms with Crippen LogP contribution < -0.4 is 4.74 Å². The summed E-state index contributed by atoms with van der Waals surface area (Å²) in [6, 6.07) is 17.2. The van der Waals surface area contributed by atoms with E-state index in [9.17, 15) is 4.79 Å². The van der Waals surface area contributed by atoms with Gasteiger partial charge in [-0.15, -0.1) is 0 Å². The predicted octanol–water partition coefficient (Wildman–Crippen LogP) is 2.77. The van der Waals surface area contributed by atoms with Gasteiger partial charge in [0.15, 0.2) is 0 Å². The smallest absolute Gasteiger partial charge is 0.237 e. The second kappa shape index (κ2) is 5.85. The van der Waals surface area contributed by atoms with Crippen LogP contribution in [0.3, 0.4) is 0 Å². The molecule has 1 radical (unpaired) electrons. The molecular weight excluding hydrogens is 212 g/mol. The Morgan fingerprint density at radius 2 is 1.65 bits per heavy atom. The lowest BCUT2D eigenvalue weighted by Crippen LogP contribution is -2.03. The monoisotopic (exact) mass is 225 g/mol. The molecule has 0 aliphatic rings. The van der Waals surface area contributed by atoms with Crippen LogP contribution in [0.4, 0.5) is 0 Å². The van der Waals surface area contributed by atoms with Gasteiger partial charge in [0.05, 0.1) is 12.2 Å². The van der Waals surface area contributed by atoms with E-state index < -0.39 is 0 Å². The third-order valence-electron chi connectivity index (χ3n) is 2.49. The molecule has 0 aromatic heterocycles. The maximum absolute atomic E-state index is 10.7. The van der Waals surface area contributed by atoms with Crippen LogP contribution in [0.5, 0.6) is 5.75 Å². The molecule has 0 aliphatic carbocycles. The minimum absolute atomic E-state index is 0.473. The van der Waals surface area contributed by atoms with E-state index in [1.165, 1.54) is 5.56 Å². The summed E-state index contributed by atoms with van der Waals surface area (Å²) in [6.07, 6.45) is 2.70. The lowest BCUT2D eigenvalue weighted by molar-refractivity contribution is 0.321. The molecule has 0 N–H and O–H groups in total. The number of carbonyl (C=O) groups excluding carboxylic acids is 1. The van der Waals surface area contributed by atoms with Gasteiger partial charge in [0.25, 0.3) is 0 Å². The number of para-hydroxylation sites is 1. The number of rotatable bonds is 5. The lowest BCUT2D eigenvalue weighted by Gasteiger charge is -2.07. The number of ether oxygens (including phenoxy) is 1. The summed E-state index contributed by atoms with van der Waals surface area (Å²) in [7, 11) is 0. The highest BCUT2D eigenvalue weighted by Crippen LogP contribution is 2.15. The molecule has 2 aromatic carbocycles. The number of hydrogen-bond acceptors (Lipinski definition) is 2. The van der Waals surface area contributed by atoms with Crippen LogP contribution in [0, 0.1) is 0 Å². The summed E-state index contributed by atoms with van der Waals surface area (Å²) in [5.74, 6) is 0.596. The van der Waals surface area contributed by atoms with E-state index in [0.717, 1.165) is 6.42 Å². The maximum Gasteiger partial charge on any atom is 0.237 e. The topological polar surface area (TPSA) is 26.3 Å². The molecular formula is C15H13O2. The number of hydrogen-bond donors (Lipinski definition) is 0. The van der Waals surface area contributed by atoms with E-state index in [-0.39, 0.29) is 0 Å². The van der Waals surface area contributed by atoms with Crippen molar-refractivity contribution in [3.05, 3.63) is 65.7 Å². The van der Waals surface area contributed by atoms with Gasteiger partial charge in [-0.1, -0.05) is 42.5 Å². The summed E-state index contributed by atoms with van der Waals surface area (Å²) in [5, 5.41) is 0. The van der Waals surface area contributed by atoms with E-state index in [1.807, 2.05) is 30.6 Å². The van der Waals surface area contributed by atoms with E-state index in [2.05, 4.69) is 12.1 Å². The second-order valence-corrected chi connectivity index (χ2v) is 3.68. The first kappa shape index (κ1) is 11.4. The first-order chi connectivity index (χ1) is 8.40.